The van der Waals surface area contributed by atoms with Crippen LogP contribution in [0.2, 0.25) is 5.02 Å². The summed E-state index contributed by atoms with van der Waals surface area (Å²) in [5.74, 6) is -0.747. The number of piperazine rings is 1. The summed E-state index contributed by atoms with van der Waals surface area (Å²) in [6.07, 6.45) is -2.64. The number of rotatable bonds is 3. The molecule has 1 aliphatic heterocycles. The molecule has 1 aromatic rings. The molecule has 1 atom stereocenters. The third kappa shape index (κ3) is 4.40. The minimum Gasteiger partial charge on any atom is -0.314 e. The number of halogens is 6. The van der Waals surface area contributed by atoms with Gasteiger partial charge in [0.2, 0.25) is 0 Å². The van der Waals surface area contributed by atoms with Gasteiger partial charge >= 0.3 is 0 Å². The lowest BCUT2D eigenvalue weighted by Crippen LogP contribution is -2.47. The van der Waals surface area contributed by atoms with Crippen LogP contribution < -0.4 is 5.32 Å². The summed E-state index contributed by atoms with van der Waals surface area (Å²) in [7, 11) is 0. The topological polar surface area (TPSA) is 15.3 Å². The molecule has 0 radical (unpaired) electrons. The van der Waals surface area contributed by atoms with Crippen molar-refractivity contribution in [3.05, 3.63) is 34.6 Å². The molecule has 1 heterocycles. The van der Waals surface area contributed by atoms with Crippen LogP contribution in [0, 0.1) is 5.82 Å². The Labute approximate surface area is 133 Å². The maximum absolute atomic E-state index is 13.9. The number of hydrogen-bond acceptors (Lipinski definition) is 2. The zero-order valence-corrected chi connectivity index (χ0v) is 12.9. The van der Waals surface area contributed by atoms with E-state index >= 15 is 0 Å². The molecule has 0 spiro atoms. The first-order chi connectivity index (χ1) is 8.61. The highest BCUT2D eigenvalue weighted by Gasteiger charge is 2.32. The fourth-order valence-electron chi connectivity index (χ4n) is 2.20. The molecule has 0 bridgehead atoms. The van der Waals surface area contributed by atoms with Gasteiger partial charge in [-0.3, -0.25) is 4.90 Å². The minimum absolute atomic E-state index is 0. The second kappa shape index (κ2) is 8.95. The predicted octanol–water partition coefficient (Wildman–Crippen LogP) is 3.53. The van der Waals surface area contributed by atoms with E-state index in [0.717, 1.165) is 0 Å². The molecule has 2 nitrogen and oxygen atoms in total. The first-order valence-corrected chi connectivity index (χ1v) is 6.16. The molecule has 0 saturated carbocycles. The largest absolute Gasteiger partial charge is 0.314 e. The van der Waals surface area contributed by atoms with Gasteiger partial charge in [-0.2, -0.15) is 0 Å². The Hall–Kier alpha value is -0.200. The van der Waals surface area contributed by atoms with Crippen molar-refractivity contribution >= 4 is 36.4 Å². The summed E-state index contributed by atoms with van der Waals surface area (Å²) < 4.78 is 40.3. The van der Waals surface area contributed by atoms with Crippen molar-refractivity contribution in [2.24, 2.45) is 0 Å². The van der Waals surface area contributed by atoms with Gasteiger partial charge in [0.05, 0.1) is 11.1 Å². The number of alkyl halides is 2. The molecule has 20 heavy (non-hydrogen) atoms. The second-order valence-corrected chi connectivity index (χ2v) is 4.62. The van der Waals surface area contributed by atoms with Crippen LogP contribution in [0.15, 0.2) is 18.2 Å². The summed E-state index contributed by atoms with van der Waals surface area (Å²) in [4.78, 5) is 1.59. The van der Waals surface area contributed by atoms with Crippen molar-refractivity contribution in [3.63, 3.8) is 0 Å². The molecule has 1 fully saturated rings. The average Bonchev–Trinajstić information content (AvgIpc) is 2.36. The molecular formula is C12H16Cl3F3N2. The zero-order chi connectivity index (χ0) is 13.1. The van der Waals surface area contributed by atoms with Gasteiger partial charge in [-0.05, 0) is 6.07 Å². The molecule has 0 amide bonds. The van der Waals surface area contributed by atoms with Crippen LogP contribution in [0.5, 0.6) is 0 Å². The number of nitrogens with zero attached hydrogens (tertiary/aromatic N) is 1. The fourth-order valence-corrected chi connectivity index (χ4v) is 2.38. The van der Waals surface area contributed by atoms with Gasteiger partial charge in [-0.1, -0.05) is 23.7 Å². The molecule has 2 rings (SSSR count). The Morgan fingerprint density at radius 3 is 2.30 bits per heavy atom. The monoisotopic (exact) mass is 350 g/mol. The first kappa shape index (κ1) is 19.8. The van der Waals surface area contributed by atoms with E-state index in [-0.39, 0.29) is 35.4 Å². The highest BCUT2D eigenvalue weighted by Crippen LogP contribution is 2.32. The third-order valence-electron chi connectivity index (χ3n) is 3.08. The SMILES string of the molecule is Cl.Cl.Fc1c(Cl)cccc1[C@H](C(F)F)N1CCNCC1. The molecule has 1 N–H and O–H groups in total. The highest BCUT2D eigenvalue weighted by atomic mass is 35.5. The summed E-state index contributed by atoms with van der Waals surface area (Å²) in [6.45, 7) is 2.21. The molecule has 0 aliphatic carbocycles. The van der Waals surface area contributed by atoms with E-state index in [1.807, 2.05) is 0 Å². The Bertz CT molecular complexity index is 415. The maximum Gasteiger partial charge on any atom is 0.258 e. The van der Waals surface area contributed by atoms with Crippen LogP contribution in [-0.2, 0) is 0 Å². The van der Waals surface area contributed by atoms with Crippen LogP contribution >= 0.6 is 36.4 Å². The van der Waals surface area contributed by atoms with Crippen molar-refractivity contribution < 1.29 is 13.2 Å². The van der Waals surface area contributed by atoms with Crippen LogP contribution in [0.3, 0.4) is 0 Å². The van der Waals surface area contributed by atoms with Crippen LogP contribution in [-0.4, -0.2) is 37.5 Å². The van der Waals surface area contributed by atoms with Crippen LogP contribution in [0.25, 0.3) is 0 Å². The second-order valence-electron chi connectivity index (χ2n) is 4.21. The van der Waals surface area contributed by atoms with Crippen molar-refractivity contribution in [1.29, 1.82) is 0 Å². The third-order valence-corrected chi connectivity index (χ3v) is 3.38. The Morgan fingerprint density at radius 2 is 1.75 bits per heavy atom. The first-order valence-electron chi connectivity index (χ1n) is 5.78. The fraction of sp³-hybridized carbons (Fsp3) is 0.500. The van der Waals surface area contributed by atoms with E-state index in [0.29, 0.717) is 26.2 Å². The molecule has 1 aliphatic rings. The van der Waals surface area contributed by atoms with Gasteiger partial charge in [0.1, 0.15) is 5.82 Å². The Kier molecular flexibility index (Phi) is 8.86. The minimum atomic E-state index is -2.64. The molecule has 0 unspecified atom stereocenters. The maximum atomic E-state index is 13.9. The highest BCUT2D eigenvalue weighted by molar-refractivity contribution is 6.30. The van der Waals surface area contributed by atoms with Crippen molar-refractivity contribution in [1.82, 2.24) is 10.2 Å². The quantitative estimate of drug-likeness (QED) is 0.896. The molecule has 116 valence electrons. The van der Waals surface area contributed by atoms with Crippen molar-refractivity contribution in [3.8, 4) is 0 Å². The average molecular weight is 352 g/mol. The van der Waals surface area contributed by atoms with Crippen molar-refractivity contribution in [2.45, 2.75) is 12.5 Å². The van der Waals surface area contributed by atoms with E-state index in [4.69, 9.17) is 11.6 Å². The molecular weight excluding hydrogens is 335 g/mol. The summed E-state index contributed by atoms with van der Waals surface area (Å²) >= 11 is 5.65. The number of nitrogens with one attached hydrogen (secondary N) is 1. The zero-order valence-electron chi connectivity index (χ0n) is 10.5. The predicted molar refractivity (Wildman–Crippen MR) is 79.1 cm³/mol. The van der Waals surface area contributed by atoms with E-state index < -0.39 is 18.3 Å². The Morgan fingerprint density at radius 1 is 1.15 bits per heavy atom. The normalized spacial score (nSPS) is 17.2. The summed E-state index contributed by atoms with van der Waals surface area (Å²) in [5, 5.41) is 2.96. The van der Waals surface area contributed by atoms with E-state index in [1.54, 1.807) is 4.90 Å². The van der Waals surface area contributed by atoms with Crippen molar-refractivity contribution in [2.75, 3.05) is 26.2 Å². The van der Waals surface area contributed by atoms with Gasteiger partial charge in [-0.15, -0.1) is 24.8 Å². The van der Waals surface area contributed by atoms with E-state index in [2.05, 4.69) is 5.32 Å². The lowest BCUT2D eigenvalue weighted by Gasteiger charge is -2.34. The van der Waals surface area contributed by atoms with Gasteiger partial charge in [0, 0.05) is 31.7 Å². The summed E-state index contributed by atoms with van der Waals surface area (Å²) in [6, 6.07) is 3.00. The van der Waals surface area contributed by atoms with Gasteiger partial charge in [0.25, 0.3) is 6.43 Å². The lowest BCUT2D eigenvalue weighted by molar-refractivity contribution is 0.0164. The Balaban J connectivity index is 0.00000180. The molecule has 8 heteroatoms. The smallest absolute Gasteiger partial charge is 0.258 e. The molecule has 1 saturated heterocycles. The van der Waals surface area contributed by atoms with E-state index in [9.17, 15) is 13.2 Å². The molecule has 0 aromatic heterocycles. The number of benzene rings is 1. The number of hydrogen-bond donors (Lipinski definition) is 1. The van der Waals surface area contributed by atoms with Gasteiger partial charge in [0.15, 0.2) is 0 Å². The molecule has 1 aromatic carbocycles. The van der Waals surface area contributed by atoms with E-state index in [1.165, 1.54) is 18.2 Å². The van der Waals surface area contributed by atoms with Crippen LogP contribution in [0.1, 0.15) is 11.6 Å². The lowest BCUT2D eigenvalue weighted by atomic mass is 10.0. The summed E-state index contributed by atoms with van der Waals surface area (Å²) in [5.41, 5.74) is -0.0283. The standard InChI is InChI=1S/C12H14ClF3N2.2ClH/c13-9-3-1-2-8(10(9)14)11(12(15)16)18-6-4-17-5-7-18;;/h1-3,11-12,17H,4-7H2;2*1H/t11-;;/m1../s1. The van der Waals surface area contributed by atoms with Gasteiger partial charge in [-0.25, -0.2) is 13.2 Å². The van der Waals surface area contributed by atoms with Crippen LogP contribution in [0.4, 0.5) is 13.2 Å². The van der Waals surface area contributed by atoms with Gasteiger partial charge < -0.3 is 5.32 Å².